The van der Waals surface area contributed by atoms with Crippen molar-refractivity contribution in [2.45, 2.75) is 32.6 Å². The number of benzene rings is 1. The molecule has 1 aromatic rings. The van der Waals surface area contributed by atoms with E-state index < -0.39 is 0 Å². The first-order valence-electron chi connectivity index (χ1n) is 6.95. The number of hydroxylamine groups is 2. The minimum absolute atomic E-state index is 0.199. The molecule has 1 aromatic carbocycles. The number of nitrogens with zero attached hydrogens (tertiary/aromatic N) is 1. The lowest BCUT2D eigenvalue weighted by Gasteiger charge is -2.14. The van der Waals surface area contributed by atoms with Crippen molar-refractivity contribution in [2.75, 3.05) is 19.7 Å². The van der Waals surface area contributed by atoms with E-state index in [4.69, 9.17) is 9.57 Å². The smallest absolute Gasteiger partial charge is 0.329 e. The fourth-order valence-corrected chi connectivity index (χ4v) is 2.09. The van der Waals surface area contributed by atoms with Crippen LogP contribution in [0.3, 0.4) is 0 Å². The maximum absolute atomic E-state index is 11.8. The first-order valence-corrected chi connectivity index (χ1v) is 6.95. The van der Waals surface area contributed by atoms with Crippen molar-refractivity contribution in [3.63, 3.8) is 0 Å². The van der Waals surface area contributed by atoms with Crippen LogP contribution in [0.1, 0.15) is 31.7 Å². The van der Waals surface area contributed by atoms with Gasteiger partial charge in [-0.2, -0.15) is 0 Å². The van der Waals surface area contributed by atoms with Crippen molar-refractivity contribution in [2.24, 2.45) is 0 Å². The first kappa shape index (κ1) is 13.9. The molecule has 1 saturated heterocycles. The predicted molar refractivity (Wildman–Crippen MR) is 72.8 cm³/mol. The summed E-state index contributed by atoms with van der Waals surface area (Å²) in [6, 6.07) is 7.64. The molecule has 0 unspecified atom stereocenters. The van der Waals surface area contributed by atoms with Crippen LogP contribution in [0.15, 0.2) is 24.3 Å². The highest BCUT2D eigenvalue weighted by molar-refractivity contribution is 5.72. The molecule has 0 radical (unpaired) electrons. The Morgan fingerprint density at radius 3 is 2.84 bits per heavy atom. The number of hydrogen-bond acceptors (Lipinski definition) is 4. The molecule has 19 heavy (non-hydrogen) atoms. The molecule has 0 amide bonds. The van der Waals surface area contributed by atoms with Gasteiger partial charge in [0.25, 0.3) is 0 Å². The zero-order valence-corrected chi connectivity index (χ0v) is 11.4. The van der Waals surface area contributed by atoms with E-state index in [1.54, 1.807) is 5.06 Å². The van der Waals surface area contributed by atoms with Crippen molar-refractivity contribution in [1.82, 2.24) is 5.06 Å². The topological polar surface area (TPSA) is 38.8 Å². The maximum Gasteiger partial charge on any atom is 0.329 e. The molecule has 4 heteroatoms. The Bertz CT molecular complexity index is 414. The number of ether oxygens (including phenoxy) is 1. The van der Waals surface area contributed by atoms with Crippen LogP contribution >= 0.6 is 0 Å². The van der Waals surface area contributed by atoms with Gasteiger partial charge in [0.2, 0.25) is 0 Å². The summed E-state index contributed by atoms with van der Waals surface area (Å²) in [5.74, 6) is 0.614. The molecule has 1 fully saturated rings. The molecule has 1 heterocycles. The second-order valence-corrected chi connectivity index (χ2v) is 4.77. The van der Waals surface area contributed by atoms with Gasteiger partial charge in [0.15, 0.2) is 0 Å². The second kappa shape index (κ2) is 7.14. The van der Waals surface area contributed by atoms with E-state index in [1.165, 1.54) is 0 Å². The largest absolute Gasteiger partial charge is 0.494 e. The number of carbonyl (C=O) groups is 1. The fourth-order valence-electron chi connectivity index (χ4n) is 2.09. The third-order valence-corrected chi connectivity index (χ3v) is 3.02. The van der Waals surface area contributed by atoms with Crippen LogP contribution in [0.4, 0.5) is 0 Å². The van der Waals surface area contributed by atoms with Crippen LogP contribution in [0.5, 0.6) is 5.75 Å². The van der Waals surface area contributed by atoms with Crippen molar-refractivity contribution in [1.29, 1.82) is 0 Å². The summed E-state index contributed by atoms with van der Waals surface area (Å²) in [6.45, 7) is 4.47. The Morgan fingerprint density at radius 2 is 2.11 bits per heavy atom. The number of hydrogen-bond donors (Lipinski definition) is 0. The quantitative estimate of drug-likeness (QED) is 0.790. The molecule has 0 bridgehead atoms. The molecule has 0 spiro atoms. The zero-order chi connectivity index (χ0) is 13.5. The highest BCUT2D eigenvalue weighted by atomic mass is 16.7. The van der Waals surface area contributed by atoms with Gasteiger partial charge in [-0.1, -0.05) is 19.1 Å². The summed E-state index contributed by atoms with van der Waals surface area (Å²) in [5.41, 5.74) is 0.929. The summed E-state index contributed by atoms with van der Waals surface area (Å²) in [6.07, 6.45) is 3.47. The van der Waals surface area contributed by atoms with Gasteiger partial charge in [0.1, 0.15) is 5.75 Å². The average molecular weight is 263 g/mol. The molecule has 4 nitrogen and oxygen atoms in total. The van der Waals surface area contributed by atoms with E-state index in [0.29, 0.717) is 13.0 Å². The van der Waals surface area contributed by atoms with E-state index in [9.17, 15) is 4.79 Å². The Kier molecular flexibility index (Phi) is 5.21. The second-order valence-electron chi connectivity index (χ2n) is 4.77. The lowest BCUT2D eigenvalue weighted by molar-refractivity contribution is -0.184. The summed E-state index contributed by atoms with van der Waals surface area (Å²) in [5, 5.41) is 1.75. The highest BCUT2D eigenvalue weighted by Crippen LogP contribution is 2.15. The van der Waals surface area contributed by atoms with Gasteiger partial charge >= 0.3 is 5.97 Å². The molecular formula is C15H21NO3. The normalized spacial score (nSPS) is 15.4. The van der Waals surface area contributed by atoms with Crippen LogP contribution in [-0.2, 0) is 16.1 Å². The van der Waals surface area contributed by atoms with Gasteiger partial charge in [0, 0.05) is 13.1 Å². The van der Waals surface area contributed by atoms with Crippen LogP contribution in [0, 0.1) is 0 Å². The Hall–Kier alpha value is -1.55. The standard InChI is InChI=1S/C15H21NO3/c1-2-10-18-14-7-5-6-13(11-14)12-15(17)19-16-8-3-4-9-16/h5-7,11H,2-4,8-10,12H2,1H3. The average Bonchev–Trinajstić information content (AvgIpc) is 2.89. The fraction of sp³-hybridized carbons (Fsp3) is 0.533. The molecule has 0 saturated carbocycles. The number of rotatable bonds is 6. The van der Waals surface area contributed by atoms with Gasteiger partial charge in [-0.3, -0.25) is 0 Å². The molecule has 0 atom stereocenters. The lowest BCUT2D eigenvalue weighted by atomic mass is 10.1. The third kappa shape index (κ3) is 4.56. The molecule has 0 aliphatic carbocycles. The molecule has 1 aliphatic heterocycles. The van der Waals surface area contributed by atoms with Crippen LogP contribution in [-0.4, -0.2) is 30.7 Å². The Labute approximate surface area is 114 Å². The summed E-state index contributed by atoms with van der Waals surface area (Å²) >= 11 is 0. The SMILES string of the molecule is CCCOc1cccc(CC(=O)ON2CCCC2)c1. The minimum atomic E-state index is -0.199. The monoisotopic (exact) mass is 263 g/mol. The highest BCUT2D eigenvalue weighted by Gasteiger charge is 2.16. The molecule has 0 N–H and O–H groups in total. The van der Waals surface area contributed by atoms with Crippen molar-refractivity contribution in [3.05, 3.63) is 29.8 Å². The summed E-state index contributed by atoms with van der Waals surface area (Å²) in [4.78, 5) is 17.1. The predicted octanol–water partition coefficient (Wildman–Crippen LogP) is 2.57. The van der Waals surface area contributed by atoms with Gasteiger partial charge in [-0.25, -0.2) is 4.79 Å². The first-order chi connectivity index (χ1) is 9.28. The van der Waals surface area contributed by atoms with E-state index in [2.05, 4.69) is 6.92 Å². The van der Waals surface area contributed by atoms with E-state index in [-0.39, 0.29) is 5.97 Å². The van der Waals surface area contributed by atoms with Crippen LogP contribution in [0.25, 0.3) is 0 Å². The minimum Gasteiger partial charge on any atom is -0.494 e. The van der Waals surface area contributed by atoms with Crippen molar-refractivity contribution < 1.29 is 14.4 Å². The van der Waals surface area contributed by atoms with Gasteiger partial charge in [-0.15, -0.1) is 5.06 Å². The van der Waals surface area contributed by atoms with E-state index >= 15 is 0 Å². The van der Waals surface area contributed by atoms with Crippen molar-refractivity contribution in [3.8, 4) is 5.75 Å². The number of carbonyl (C=O) groups excluding carboxylic acids is 1. The Morgan fingerprint density at radius 1 is 1.32 bits per heavy atom. The van der Waals surface area contributed by atoms with Crippen LogP contribution < -0.4 is 4.74 Å². The van der Waals surface area contributed by atoms with E-state index in [1.807, 2.05) is 24.3 Å². The van der Waals surface area contributed by atoms with Crippen molar-refractivity contribution >= 4 is 5.97 Å². The molecular weight excluding hydrogens is 242 g/mol. The molecule has 1 aliphatic rings. The van der Waals surface area contributed by atoms with Crippen LogP contribution in [0.2, 0.25) is 0 Å². The lowest BCUT2D eigenvalue weighted by Crippen LogP contribution is -2.25. The zero-order valence-electron chi connectivity index (χ0n) is 11.4. The van der Waals surface area contributed by atoms with E-state index in [0.717, 1.165) is 43.7 Å². The summed E-state index contributed by atoms with van der Waals surface area (Å²) in [7, 11) is 0. The summed E-state index contributed by atoms with van der Waals surface area (Å²) < 4.78 is 5.55. The van der Waals surface area contributed by atoms with Gasteiger partial charge < -0.3 is 9.57 Å². The Balaban J connectivity index is 1.85. The molecule has 0 aromatic heterocycles. The third-order valence-electron chi connectivity index (χ3n) is 3.02. The molecule has 104 valence electrons. The molecule has 2 rings (SSSR count). The van der Waals surface area contributed by atoms with Gasteiger partial charge in [-0.05, 0) is 37.0 Å². The maximum atomic E-state index is 11.8. The van der Waals surface area contributed by atoms with Gasteiger partial charge in [0.05, 0.1) is 13.0 Å².